The molecular formula is C12H13ClN4O. The standard InChI is InChI=1S/C12H13ClN4O/c1-18-10-11(13)16-8-17-12(10)15-7-4-9-2-5-14-6-3-9/h2-3,5-6,8H,4,7H2,1H3,(H,15,16,17). The van der Waals surface area contributed by atoms with Crippen molar-refractivity contribution >= 4 is 17.4 Å². The van der Waals surface area contributed by atoms with Crippen LogP contribution in [-0.2, 0) is 6.42 Å². The molecule has 2 heterocycles. The Morgan fingerprint density at radius 2 is 2.06 bits per heavy atom. The van der Waals surface area contributed by atoms with Gasteiger partial charge in [-0.15, -0.1) is 0 Å². The van der Waals surface area contributed by atoms with Gasteiger partial charge in [-0.25, -0.2) is 9.97 Å². The van der Waals surface area contributed by atoms with Gasteiger partial charge >= 0.3 is 0 Å². The van der Waals surface area contributed by atoms with Gasteiger partial charge in [-0.2, -0.15) is 0 Å². The summed E-state index contributed by atoms with van der Waals surface area (Å²) in [5.74, 6) is 1.07. The minimum Gasteiger partial charge on any atom is -0.490 e. The van der Waals surface area contributed by atoms with E-state index in [9.17, 15) is 0 Å². The lowest BCUT2D eigenvalue weighted by molar-refractivity contribution is 0.413. The SMILES string of the molecule is COc1c(Cl)ncnc1NCCc1ccncc1. The summed E-state index contributed by atoms with van der Waals surface area (Å²) in [7, 11) is 1.54. The molecule has 0 atom stereocenters. The van der Waals surface area contributed by atoms with E-state index in [1.807, 2.05) is 12.1 Å². The number of rotatable bonds is 5. The van der Waals surface area contributed by atoms with Crippen LogP contribution in [-0.4, -0.2) is 28.6 Å². The molecule has 2 aromatic heterocycles. The van der Waals surface area contributed by atoms with Crippen molar-refractivity contribution in [2.24, 2.45) is 0 Å². The molecule has 5 nitrogen and oxygen atoms in total. The van der Waals surface area contributed by atoms with Crippen LogP contribution < -0.4 is 10.1 Å². The summed E-state index contributed by atoms with van der Waals surface area (Å²) in [5, 5.41) is 3.48. The van der Waals surface area contributed by atoms with E-state index in [0.717, 1.165) is 13.0 Å². The highest BCUT2D eigenvalue weighted by atomic mass is 35.5. The van der Waals surface area contributed by atoms with Gasteiger partial charge in [0.15, 0.2) is 16.7 Å². The Bertz CT molecular complexity index is 507. The second kappa shape index (κ2) is 6.16. The molecule has 0 aliphatic rings. The third kappa shape index (κ3) is 3.07. The lowest BCUT2D eigenvalue weighted by Crippen LogP contribution is -2.08. The number of hydrogen-bond acceptors (Lipinski definition) is 5. The smallest absolute Gasteiger partial charge is 0.198 e. The summed E-state index contributed by atoms with van der Waals surface area (Å²) in [6.45, 7) is 0.730. The molecule has 0 bridgehead atoms. The molecule has 0 aromatic carbocycles. The first-order chi connectivity index (χ1) is 8.81. The third-order valence-electron chi connectivity index (χ3n) is 2.42. The van der Waals surface area contributed by atoms with Gasteiger partial charge in [-0.3, -0.25) is 4.98 Å². The number of pyridine rings is 1. The number of hydrogen-bond donors (Lipinski definition) is 1. The molecule has 0 unspecified atom stereocenters. The predicted molar refractivity (Wildman–Crippen MR) is 70.0 cm³/mol. The molecule has 18 heavy (non-hydrogen) atoms. The number of ether oxygens (including phenoxy) is 1. The van der Waals surface area contributed by atoms with Gasteiger partial charge in [0.2, 0.25) is 0 Å². The van der Waals surface area contributed by atoms with Crippen molar-refractivity contribution < 1.29 is 4.74 Å². The van der Waals surface area contributed by atoms with Crippen molar-refractivity contribution in [1.29, 1.82) is 0 Å². The van der Waals surface area contributed by atoms with Crippen LogP contribution in [0.4, 0.5) is 5.82 Å². The van der Waals surface area contributed by atoms with Crippen LogP contribution >= 0.6 is 11.6 Å². The zero-order valence-corrected chi connectivity index (χ0v) is 10.7. The van der Waals surface area contributed by atoms with E-state index in [1.54, 1.807) is 19.5 Å². The quantitative estimate of drug-likeness (QED) is 0.839. The summed E-state index contributed by atoms with van der Waals surface area (Å²) in [5.41, 5.74) is 1.21. The Labute approximate surface area is 110 Å². The molecule has 2 rings (SSSR count). The Hall–Kier alpha value is -1.88. The van der Waals surface area contributed by atoms with E-state index in [1.165, 1.54) is 11.9 Å². The normalized spacial score (nSPS) is 10.1. The van der Waals surface area contributed by atoms with E-state index in [4.69, 9.17) is 16.3 Å². The number of halogens is 1. The van der Waals surface area contributed by atoms with Crippen molar-refractivity contribution in [3.63, 3.8) is 0 Å². The molecule has 0 aliphatic carbocycles. The first kappa shape index (κ1) is 12.6. The molecule has 0 aliphatic heterocycles. The molecule has 0 amide bonds. The molecule has 0 saturated carbocycles. The zero-order chi connectivity index (χ0) is 12.8. The summed E-state index contributed by atoms with van der Waals surface area (Å²) < 4.78 is 5.15. The molecule has 0 spiro atoms. The largest absolute Gasteiger partial charge is 0.490 e. The molecule has 0 fully saturated rings. The minimum absolute atomic E-state index is 0.305. The Morgan fingerprint density at radius 1 is 1.28 bits per heavy atom. The zero-order valence-electron chi connectivity index (χ0n) is 9.93. The van der Waals surface area contributed by atoms with E-state index in [0.29, 0.717) is 16.7 Å². The third-order valence-corrected chi connectivity index (χ3v) is 2.69. The Morgan fingerprint density at radius 3 is 2.78 bits per heavy atom. The predicted octanol–water partition coefficient (Wildman–Crippen LogP) is 2.19. The topological polar surface area (TPSA) is 59.9 Å². The van der Waals surface area contributed by atoms with Gasteiger partial charge in [-0.1, -0.05) is 11.6 Å². The van der Waals surface area contributed by atoms with Gasteiger partial charge < -0.3 is 10.1 Å². The number of anilines is 1. The van der Waals surface area contributed by atoms with E-state index in [2.05, 4.69) is 20.3 Å². The minimum atomic E-state index is 0.305. The fourth-order valence-corrected chi connectivity index (χ4v) is 1.74. The van der Waals surface area contributed by atoms with Crippen molar-refractivity contribution in [2.45, 2.75) is 6.42 Å². The van der Waals surface area contributed by atoms with E-state index < -0.39 is 0 Å². The lowest BCUT2D eigenvalue weighted by Gasteiger charge is -2.10. The summed E-state index contributed by atoms with van der Waals surface area (Å²) in [6.07, 6.45) is 5.82. The number of nitrogens with zero attached hydrogens (tertiary/aromatic N) is 3. The van der Waals surface area contributed by atoms with Crippen LogP contribution in [0.5, 0.6) is 5.75 Å². The summed E-state index contributed by atoms with van der Waals surface area (Å²) in [6, 6.07) is 3.96. The summed E-state index contributed by atoms with van der Waals surface area (Å²) >= 11 is 5.90. The highest BCUT2D eigenvalue weighted by Crippen LogP contribution is 2.28. The molecule has 6 heteroatoms. The maximum Gasteiger partial charge on any atom is 0.198 e. The number of nitrogens with one attached hydrogen (secondary N) is 1. The second-order valence-electron chi connectivity index (χ2n) is 3.58. The van der Waals surface area contributed by atoms with Crippen molar-refractivity contribution in [1.82, 2.24) is 15.0 Å². The molecule has 94 valence electrons. The second-order valence-corrected chi connectivity index (χ2v) is 3.94. The average Bonchev–Trinajstić information content (AvgIpc) is 2.40. The van der Waals surface area contributed by atoms with Crippen LogP contribution in [0.3, 0.4) is 0 Å². The first-order valence-electron chi connectivity index (χ1n) is 5.48. The number of aromatic nitrogens is 3. The highest BCUT2D eigenvalue weighted by molar-refractivity contribution is 6.31. The van der Waals surface area contributed by atoms with Crippen molar-refractivity contribution in [3.05, 3.63) is 41.6 Å². The highest BCUT2D eigenvalue weighted by Gasteiger charge is 2.09. The van der Waals surface area contributed by atoms with E-state index in [-0.39, 0.29) is 0 Å². The fourth-order valence-electron chi connectivity index (χ4n) is 1.53. The van der Waals surface area contributed by atoms with Crippen LogP contribution in [0.2, 0.25) is 5.15 Å². The molecule has 1 N–H and O–H groups in total. The summed E-state index contributed by atoms with van der Waals surface area (Å²) in [4.78, 5) is 11.9. The average molecular weight is 265 g/mol. The van der Waals surface area contributed by atoms with Crippen LogP contribution in [0.1, 0.15) is 5.56 Å². The molecule has 0 saturated heterocycles. The Kier molecular flexibility index (Phi) is 4.30. The maximum absolute atomic E-state index is 5.90. The van der Waals surface area contributed by atoms with Gasteiger partial charge in [0.1, 0.15) is 6.33 Å². The molecule has 0 radical (unpaired) electrons. The van der Waals surface area contributed by atoms with Crippen molar-refractivity contribution in [2.75, 3.05) is 19.0 Å². The van der Waals surface area contributed by atoms with Gasteiger partial charge in [0.25, 0.3) is 0 Å². The number of methoxy groups -OCH3 is 1. The molecule has 2 aromatic rings. The van der Waals surface area contributed by atoms with Gasteiger partial charge in [0, 0.05) is 18.9 Å². The van der Waals surface area contributed by atoms with Crippen LogP contribution in [0.25, 0.3) is 0 Å². The van der Waals surface area contributed by atoms with Crippen LogP contribution in [0, 0.1) is 0 Å². The Balaban J connectivity index is 1.96. The fraction of sp³-hybridized carbons (Fsp3) is 0.250. The lowest BCUT2D eigenvalue weighted by atomic mass is 10.2. The molecular weight excluding hydrogens is 252 g/mol. The first-order valence-corrected chi connectivity index (χ1v) is 5.86. The van der Waals surface area contributed by atoms with Crippen molar-refractivity contribution in [3.8, 4) is 5.75 Å². The van der Waals surface area contributed by atoms with Gasteiger partial charge in [0.05, 0.1) is 7.11 Å². The monoisotopic (exact) mass is 264 g/mol. The van der Waals surface area contributed by atoms with E-state index >= 15 is 0 Å². The maximum atomic E-state index is 5.90. The van der Waals surface area contributed by atoms with Crippen LogP contribution in [0.15, 0.2) is 30.9 Å². The van der Waals surface area contributed by atoms with Gasteiger partial charge in [-0.05, 0) is 24.1 Å².